The largest absolute Gasteiger partial charge is 0.486 e. The Morgan fingerprint density at radius 2 is 1.93 bits per heavy atom. The van der Waals surface area contributed by atoms with Gasteiger partial charge in [-0.15, -0.1) is 0 Å². The molecule has 0 fully saturated rings. The number of aryl methyl sites for hydroxylation is 1. The number of hydrogen-bond donors (Lipinski definition) is 1. The summed E-state index contributed by atoms with van der Waals surface area (Å²) in [6.07, 6.45) is 1.42. The molecule has 4 rings (SSSR count). The van der Waals surface area contributed by atoms with Gasteiger partial charge >= 0.3 is 0 Å². The predicted molar refractivity (Wildman–Crippen MR) is 104 cm³/mol. The molecule has 0 radical (unpaired) electrons. The van der Waals surface area contributed by atoms with E-state index >= 15 is 0 Å². The van der Waals surface area contributed by atoms with Gasteiger partial charge in [-0.25, -0.2) is 0 Å². The maximum atomic E-state index is 12.2. The highest BCUT2D eigenvalue weighted by molar-refractivity contribution is 6.33. The van der Waals surface area contributed by atoms with Crippen molar-refractivity contribution in [3.63, 3.8) is 0 Å². The van der Waals surface area contributed by atoms with Crippen molar-refractivity contribution in [2.45, 2.75) is 19.3 Å². The van der Waals surface area contributed by atoms with Gasteiger partial charge in [-0.05, 0) is 30.7 Å². The summed E-state index contributed by atoms with van der Waals surface area (Å²) in [4.78, 5) is 16.5. The van der Waals surface area contributed by atoms with Crippen LogP contribution in [-0.4, -0.2) is 29.3 Å². The van der Waals surface area contributed by atoms with Crippen LogP contribution in [0.1, 0.15) is 18.7 Å². The minimum atomic E-state index is -0.0949. The van der Waals surface area contributed by atoms with E-state index in [1.54, 1.807) is 24.3 Å². The Kier molecular flexibility index (Phi) is 5.43. The van der Waals surface area contributed by atoms with Gasteiger partial charge in [-0.1, -0.05) is 28.9 Å². The van der Waals surface area contributed by atoms with E-state index in [4.69, 9.17) is 25.6 Å². The van der Waals surface area contributed by atoms with Gasteiger partial charge in [0.15, 0.2) is 11.5 Å². The third kappa shape index (κ3) is 4.26. The number of halogens is 1. The second-order valence-corrected chi connectivity index (χ2v) is 6.66. The number of ether oxygens (including phenoxy) is 2. The number of nitrogens with one attached hydrogen (secondary N) is 1. The molecule has 2 heterocycles. The van der Waals surface area contributed by atoms with E-state index in [9.17, 15) is 4.79 Å². The van der Waals surface area contributed by atoms with E-state index in [0.717, 1.165) is 5.56 Å². The van der Waals surface area contributed by atoms with Crippen molar-refractivity contribution in [1.29, 1.82) is 0 Å². The molecule has 0 saturated carbocycles. The van der Waals surface area contributed by atoms with Crippen molar-refractivity contribution >= 4 is 23.2 Å². The number of rotatable bonds is 6. The molecule has 0 unspecified atom stereocenters. The third-order valence-corrected chi connectivity index (χ3v) is 4.53. The van der Waals surface area contributed by atoms with Crippen LogP contribution in [0.3, 0.4) is 0 Å². The van der Waals surface area contributed by atoms with Crippen LogP contribution in [0, 0.1) is 0 Å². The van der Waals surface area contributed by atoms with Gasteiger partial charge in [-0.3, -0.25) is 4.79 Å². The van der Waals surface area contributed by atoms with E-state index < -0.39 is 0 Å². The zero-order valence-corrected chi connectivity index (χ0v) is 15.7. The topological polar surface area (TPSA) is 86.5 Å². The number of fused-ring (bicyclic) bond motifs is 1. The molecule has 1 amide bonds. The Labute approximate surface area is 166 Å². The summed E-state index contributed by atoms with van der Waals surface area (Å²) >= 11 is 6.14. The van der Waals surface area contributed by atoms with Gasteiger partial charge in [-0.2, -0.15) is 4.98 Å². The van der Waals surface area contributed by atoms with Gasteiger partial charge in [0.25, 0.3) is 0 Å². The molecule has 1 aromatic heterocycles. The smallest absolute Gasteiger partial charge is 0.226 e. The van der Waals surface area contributed by atoms with Crippen molar-refractivity contribution in [2.24, 2.45) is 0 Å². The molecule has 0 aliphatic carbocycles. The predicted octanol–water partition coefficient (Wildman–Crippen LogP) is 4.12. The lowest BCUT2D eigenvalue weighted by atomic mass is 10.2. The van der Waals surface area contributed by atoms with Crippen molar-refractivity contribution in [3.8, 4) is 22.9 Å². The summed E-state index contributed by atoms with van der Waals surface area (Å²) in [6, 6.07) is 12.7. The van der Waals surface area contributed by atoms with Crippen molar-refractivity contribution < 1.29 is 18.8 Å². The van der Waals surface area contributed by atoms with Crippen LogP contribution in [0.4, 0.5) is 5.69 Å². The van der Waals surface area contributed by atoms with Crippen LogP contribution >= 0.6 is 11.6 Å². The maximum absolute atomic E-state index is 12.2. The summed E-state index contributed by atoms with van der Waals surface area (Å²) in [7, 11) is 0. The van der Waals surface area contributed by atoms with Crippen LogP contribution in [-0.2, 0) is 11.2 Å². The van der Waals surface area contributed by atoms with Gasteiger partial charge in [0, 0.05) is 30.2 Å². The zero-order valence-electron chi connectivity index (χ0n) is 15.0. The van der Waals surface area contributed by atoms with Crippen molar-refractivity contribution in [3.05, 3.63) is 53.4 Å². The summed E-state index contributed by atoms with van der Waals surface area (Å²) in [6.45, 7) is 1.04. The first kappa shape index (κ1) is 18.3. The highest BCUT2D eigenvalue weighted by atomic mass is 35.5. The first-order valence-electron chi connectivity index (χ1n) is 8.96. The first-order valence-corrected chi connectivity index (χ1v) is 9.34. The Balaban J connectivity index is 1.28. The van der Waals surface area contributed by atoms with Gasteiger partial charge in [0.1, 0.15) is 13.2 Å². The lowest BCUT2D eigenvalue weighted by Gasteiger charge is -2.19. The average molecular weight is 400 g/mol. The van der Waals surface area contributed by atoms with Gasteiger partial charge < -0.3 is 19.3 Å². The van der Waals surface area contributed by atoms with E-state index in [2.05, 4.69) is 15.5 Å². The Morgan fingerprint density at radius 3 is 2.79 bits per heavy atom. The van der Waals surface area contributed by atoms with E-state index in [0.29, 0.717) is 66.4 Å². The number of benzene rings is 2. The first-order chi connectivity index (χ1) is 13.7. The number of carbonyl (C=O) groups excluding carboxylic acids is 1. The second-order valence-electron chi connectivity index (χ2n) is 6.25. The molecular weight excluding hydrogens is 382 g/mol. The van der Waals surface area contributed by atoms with Crippen LogP contribution in [0.15, 0.2) is 47.0 Å². The molecule has 0 saturated heterocycles. The fraction of sp³-hybridized carbons (Fsp3) is 0.250. The van der Waals surface area contributed by atoms with Crippen molar-refractivity contribution in [2.75, 3.05) is 18.5 Å². The molecule has 0 bridgehead atoms. The quantitative estimate of drug-likeness (QED) is 0.670. The summed E-state index contributed by atoms with van der Waals surface area (Å²) in [5, 5.41) is 7.38. The molecular formula is C20H18ClN3O4. The number of carbonyl (C=O) groups is 1. The number of hydrogen-bond acceptors (Lipinski definition) is 6. The highest BCUT2D eigenvalue weighted by Gasteiger charge is 2.14. The Bertz CT molecular complexity index is 989. The summed E-state index contributed by atoms with van der Waals surface area (Å²) < 4.78 is 16.2. The van der Waals surface area contributed by atoms with Crippen LogP contribution in [0.25, 0.3) is 11.4 Å². The summed E-state index contributed by atoms with van der Waals surface area (Å²) in [5.41, 5.74) is 1.39. The minimum absolute atomic E-state index is 0.0949. The molecule has 2 aromatic carbocycles. The molecule has 1 N–H and O–H groups in total. The molecule has 144 valence electrons. The number of anilines is 1. The molecule has 1 aliphatic heterocycles. The standard InChI is InChI=1S/C20H18ClN3O4/c21-15-5-2-1-4-14(15)20-23-19(28-24-20)7-3-6-18(25)22-13-8-9-16-17(12-13)27-11-10-26-16/h1-2,4-5,8-9,12H,3,6-7,10-11H2,(H,22,25). The Morgan fingerprint density at radius 1 is 1.11 bits per heavy atom. The fourth-order valence-electron chi connectivity index (χ4n) is 2.85. The molecule has 1 aliphatic rings. The summed E-state index contributed by atoms with van der Waals surface area (Å²) in [5.74, 6) is 2.16. The molecule has 7 nitrogen and oxygen atoms in total. The maximum Gasteiger partial charge on any atom is 0.226 e. The molecule has 3 aromatic rings. The van der Waals surface area contributed by atoms with E-state index in [-0.39, 0.29) is 5.91 Å². The molecule has 28 heavy (non-hydrogen) atoms. The fourth-order valence-corrected chi connectivity index (χ4v) is 3.07. The SMILES string of the molecule is O=C(CCCc1nc(-c2ccccc2Cl)no1)Nc1ccc2c(c1)OCCO2. The molecule has 0 spiro atoms. The van der Waals surface area contributed by atoms with E-state index in [1.165, 1.54) is 0 Å². The van der Waals surface area contributed by atoms with Crippen molar-refractivity contribution in [1.82, 2.24) is 10.1 Å². The third-order valence-electron chi connectivity index (χ3n) is 4.20. The van der Waals surface area contributed by atoms with Crippen LogP contribution in [0.5, 0.6) is 11.5 Å². The average Bonchev–Trinajstić information content (AvgIpc) is 3.17. The molecule has 0 atom stereocenters. The number of amides is 1. The zero-order chi connectivity index (χ0) is 19.3. The number of aromatic nitrogens is 2. The second kappa shape index (κ2) is 8.31. The minimum Gasteiger partial charge on any atom is -0.486 e. The van der Waals surface area contributed by atoms with Crippen LogP contribution < -0.4 is 14.8 Å². The molecule has 8 heteroatoms. The monoisotopic (exact) mass is 399 g/mol. The lowest BCUT2D eigenvalue weighted by molar-refractivity contribution is -0.116. The normalized spacial score (nSPS) is 12.6. The van der Waals surface area contributed by atoms with Gasteiger partial charge in [0.05, 0.1) is 5.02 Å². The highest BCUT2D eigenvalue weighted by Crippen LogP contribution is 2.32. The lowest BCUT2D eigenvalue weighted by Crippen LogP contribution is -2.16. The van der Waals surface area contributed by atoms with Crippen LogP contribution in [0.2, 0.25) is 5.02 Å². The number of nitrogens with zero attached hydrogens (tertiary/aromatic N) is 2. The Hall–Kier alpha value is -3.06. The van der Waals surface area contributed by atoms with E-state index in [1.807, 2.05) is 18.2 Å². The van der Waals surface area contributed by atoms with Gasteiger partial charge in [0.2, 0.25) is 17.6 Å².